The SMILES string of the molecule is COC(=O)[C@@H]1C[C@H](O)[C@@H](N2CC[C@H](C)N(Cc3ccccc3)CC2)C1. The van der Waals surface area contributed by atoms with Gasteiger partial charge in [0.05, 0.1) is 19.1 Å². The summed E-state index contributed by atoms with van der Waals surface area (Å²) in [6.45, 7) is 6.15. The van der Waals surface area contributed by atoms with Gasteiger partial charge in [-0.2, -0.15) is 0 Å². The highest BCUT2D eigenvalue weighted by Crippen LogP contribution is 2.31. The van der Waals surface area contributed by atoms with E-state index in [1.807, 2.05) is 0 Å². The number of esters is 1. The summed E-state index contributed by atoms with van der Waals surface area (Å²) >= 11 is 0. The molecular weight excluding hydrogens is 316 g/mol. The van der Waals surface area contributed by atoms with Gasteiger partial charge in [-0.1, -0.05) is 30.3 Å². The third-order valence-electron chi connectivity index (χ3n) is 5.86. The number of carbonyl (C=O) groups is 1. The number of ether oxygens (including phenoxy) is 1. The lowest BCUT2D eigenvalue weighted by molar-refractivity contribution is -0.145. The van der Waals surface area contributed by atoms with E-state index in [0.29, 0.717) is 18.9 Å². The Morgan fingerprint density at radius 3 is 2.68 bits per heavy atom. The van der Waals surface area contributed by atoms with Crippen LogP contribution in [-0.4, -0.2) is 65.8 Å². The Kier molecular flexibility index (Phi) is 6.10. The second kappa shape index (κ2) is 8.30. The minimum Gasteiger partial charge on any atom is -0.469 e. The summed E-state index contributed by atoms with van der Waals surface area (Å²) in [5, 5.41) is 10.5. The molecule has 5 nitrogen and oxygen atoms in total. The first-order chi connectivity index (χ1) is 12.1. The molecule has 5 heteroatoms. The van der Waals surface area contributed by atoms with E-state index in [-0.39, 0.29) is 17.9 Å². The van der Waals surface area contributed by atoms with Gasteiger partial charge in [-0.05, 0) is 31.7 Å². The quantitative estimate of drug-likeness (QED) is 0.844. The second-order valence-corrected chi connectivity index (χ2v) is 7.46. The van der Waals surface area contributed by atoms with E-state index in [2.05, 4.69) is 47.1 Å². The Labute approximate surface area is 150 Å². The summed E-state index contributed by atoms with van der Waals surface area (Å²) in [5.41, 5.74) is 1.34. The van der Waals surface area contributed by atoms with Gasteiger partial charge in [-0.3, -0.25) is 14.6 Å². The Bertz CT molecular complexity index is 565. The highest BCUT2D eigenvalue weighted by atomic mass is 16.5. The van der Waals surface area contributed by atoms with E-state index in [1.54, 1.807) is 0 Å². The van der Waals surface area contributed by atoms with Crippen LogP contribution < -0.4 is 0 Å². The summed E-state index contributed by atoms with van der Waals surface area (Å²) in [6.07, 6.45) is 1.89. The third-order valence-corrected chi connectivity index (χ3v) is 5.86. The van der Waals surface area contributed by atoms with E-state index in [1.165, 1.54) is 12.7 Å². The molecule has 0 spiro atoms. The van der Waals surface area contributed by atoms with E-state index < -0.39 is 6.10 Å². The van der Waals surface area contributed by atoms with Crippen molar-refractivity contribution in [1.82, 2.24) is 9.80 Å². The van der Waals surface area contributed by atoms with Crippen LogP contribution in [0.2, 0.25) is 0 Å². The first kappa shape index (κ1) is 18.4. The third kappa shape index (κ3) is 4.40. The fraction of sp³-hybridized carbons (Fsp3) is 0.650. The van der Waals surface area contributed by atoms with Crippen LogP contribution in [0.3, 0.4) is 0 Å². The highest BCUT2D eigenvalue weighted by molar-refractivity contribution is 5.72. The molecule has 1 aliphatic heterocycles. The van der Waals surface area contributed by atoms with Crippen LogP contribution in [-0.2, 0) is 16.1 Å². The molecule has 1 aromatic carbocycles. The Morgan fingerprint density at radius 2 is 1.96 bits per heavy atom. The highest BCUT2D eigenvalue weighted by Gasteiger charge is 2.41. The van der Waals surface area contributed by atoms with Crippen molar-refractivity contribution in [2.45, 2.75) is 50.9 Å². The zero-order valence-electron chi connectivity index (χ0n) is 15.3. The monoisotopic (exact) mass is 346 g/mol. The predicted octanol–water partition coefficient (Wildman–Crippen LogP) is 1.90. The molecule has 0 bridgehead atoms. The van der Waals surface area contributed by atoms with Gasteiger partial charge >= 0.3 is 5.97 Å². The molecule has 3 rings (SSSR count). The first-order valence-corrected chi connectivity index (χ1v) is 9.36. The van der Waals surface area contributed by atoms with Crippen molar-refractivity contribution in [3.05, 3.63) is 35.9 Å². The largest absolute Gasteiger partial charge is 0.469 e. The van der Waals surface area contributed by atoms with Crippen molar-refractivity contribution in [3.63, 3.8) is 0 Å². The molecule has 1 aliphatic carbocycles. The van der Waals surface area contributed by atoms with Crippen molar-refractivity contribution < 1.29 is 14.6 Å². The lowest BCUT2D eigenvalue weighted by Crippen LogP contribution is -2.42. The number of benzene rings is 1. The lowest BCUT2D eigenvalue weighted by Gasteiger charge is -2.30. The van der Waals surface area contributed by atoms with E-state index in [4.69, 9.17) is 4.74 Å². The summed E-state index contributed by atoms with van der Waals surface area (Å²) in [5.74, 6) is -0.346. The van der Waals surface area contributed by atoms with Crippen molar-refractivity contribution in [1.29, 1.82) is 0 Å². The number of aliphatic hydroxyl groups excluding tert-OH is 1. The lowest BCUT2D eigenvalue weighted by atomic mass is 10.1. The molecule has 1 N–H and O–H groups in total. The van der Waals surface area contributed by atoms with Crippen LogP contribution in [0.25, 0.3) is 0 Å². The predicted molar refractivity (Wildman–Crippen MR) is 97.0 cm³/mol. The van der Waals surface area contributed by atoms with Gasteiger partial charge in [0.15, 0.2) is 0 Å². The topological polar surface area (TPSA) is 53.0 Å². The minimum absolute atomic E-state index is 0.0768. The number of methoxy groups -OCH3 is 1. The zero-order chi connectivity index (χ0) is 17.8. The summed E-state index contributed by atoms with van der Waals surface area (Å²) in [6, 6.07) is 11.2. The maximum atomic E-state index is 11.8. The Hall–Kier alpha value is -1.43. The average Bonchev–Trinajstić information content (AvgIpc) is 2.93. The molecule has 2 fully saturated rings. The van der Waals surface area contributed by atoms with Crippen molar-refractivity contribution in [2.24, 2.45) is 5.92 Å². The number of hydrogen-bond donors (Lipinski definition) is 1. The molecule has 1 saturated heterocycles. The Balaban J connectivity index is 1.60. The van der Waals surface area contributed by atoms with Crippen molar-refractivity contribution in [2.75, 3.05) is 26.7 Å². The Morgan fingerprint density at radius 1 is 1.20 bits per heavy atom. The van der Waals surface area contributed by atoms with E-state index >= 15 is 0 Å². The molecule has 1 saturated carbocycles. The number of rotatable bonds is 4. The van der Waals surface area contributed by atoms with Gasteiger partial charge in [-0.25, -0.2) is 0 Å². The summed E-state index contributed by atoms with van der Waals surface area (Å²) in [4.78, 5) is 16.7. The van der Waals surface area contributed by atoms with Gasteiger partial charge in [0.1, 0.15) is 0 Å². The van der Waals surface area contributed by atoms with Crippen LogP contribution in [0, 0.1) is 5.92 Å². The maximum absolute atomic E-state index is 11.8. The maximum Gasteiger partial charge on any atom is 0.308 e. The molecule has 1 heterocycles. The molecule has 4 atom stereocenters. The minimum atomic E-state index is -0.430. The molecule has 0 unspecified atom stereocenters. The van der Waals surface area contributed by atoms with Crippen LogP contribution >= 0.6 is 0 Å². The molecular formula is C20H30N2O3. The molecule has 0 radical (unpaired) electrons. The molecule has 0 aromatic heterocycles. The molecule has 0 amide bonds. The van der Waals surface area contributed by atoms with E-state index in [0.717, 1.165) is 32.6 Å². The molecule has 138 valence electrons. The molecule has 25 heavy (non-hydrogen) atoms. The zero-order valence-corrected chi connectivity index (χ0v) is 15.3. The van der Waals surface area contributed by atoms with Crippen LogP contribution in [0.1, 0.15) is 31.7 Å². The van der Waals surface area contributed by atoms with Gasteiger partial charge < -0.3 is 9.84 Å². The fourth-order valence-electron chi connectivity index (χ4n) is 4.25. The second-order valence-electron chi connectivity index (χ2n) is 7.46. The van der Waals surface area contributed by atoms with Crippen LogP contribution in [0.15, 0.2) is 30.3 Å². The molecule has 1 aromatic rings. The van der Waals surface area contributed by atoms with Gasteiger partial charge in [-0.15, -0.1) is 0 Å². The summed E-state index contributed by atoms with van der Waals surface area (Å²) in [7, 11) is 1.43. The van der Waals surface area contributed by atoms with Crippen molar-refractivity contribution in [3.8, 4) is 0 Å². The number of nitrogens with zero attached hydrogens (tertiary/aromatic N) is 2. The van der Waals surface area contributed by atoms with Crippen molar-refractivity contribution >= 4 is 5.97 Å². The van der Waals surface area contributed by atoms with Gasteiger partial charge in [0, 0.05) is 38.3 Å². The van der Waals surface area contributed by atoms with Gasteiger partial charge in [0.2, 0.25) is 0 Å². The smallest absolute Gasteiger partial charge is 0.308 e. The van der Waals surface area contributed by atoms with Gasteiger partial charge in [0.25, 0.3) is 0 Å². The normalized spacial score (nSPS) is 31.6. The average molecular weight is 346 g/mol. The number of carbonyl (C=O) groups excluding carboxylic acids is 1. The number of aliphatic hydroxyl groups is 1. The first-order valence-electron chi connectivity index (χ1n) is 9.36. The molecule has 2 aliphatic rings. The number of hydrogen-bond acceptors (Lipinski definition) is 5. The van der Waals surface area contributed by atoms with Crippen LogP contribution in [0.4, 0.5) is 0 Å². The fourth-order valence-corrected chi connectivity index (χ4v) is 4.25. The standard InChI is InChI=1S/C20H30N2O3/c1-15-8-9-21(18-12-17(13-19(18)23)20(24)25-2)10-11-22(15)14-16-6-4-3-5-7-16/h3-7,15,17-19,23H,8-14H2,1-2H3/t15-,17-,18-,19-/m0/s1. The summed E-state index contributed by atoms with van der Waals surface area (Å²) < 4.78 is 4.87. The van der Waals surface area contributed by atoms with Crippen LogP contribution in [0.5, 0.6) is 0 Å². The van der Waals surface area contributed by atoms with E-state index in [9.17, 15) is 9.90 Å².